The second-order valence-corrected chi connectivity index (χ2v) is 13.4. The molecule has 46 heavy (non-hydrogen) atoms. The maximum Gasteiger partial charge on any atom is 0.311 e. The SMILES string of the molecule is CC(C)(N)CCNCCCCN(CCC(C)(C)N)C(=O)CCCC(=O)Oc1ccc2c(ccc3c4c(ccc32)C=CC4)c1.Cl.Cl.Cl. The van der Waals surface area contributed by atoms with Crippen LogP contribution in [0, 0.1) is 0 Å². The van der Waals surface area contributed by atoms with E-state index in [9.17, 15) is 9.59 Å². The lowest BCUT2D eigenvalue weighted by Crippen LogP contribution is -2.40. The molecule has 1 amide bonds. The van der Waals surface area contributed by atoms with Crippen LogP contribution in [-0.2, 0) is 16.0 Å². The van der Waals surface area contributed by atoms with Gasteiger partial charge in [0.1, 0.15) is 5.75 Å². The monoisotopic (exact) mass is 694 g/mol. The molecule has 0 saturated carbocycles. The summed E-state index contributed by atoms with van der Waals surface area (Å²) in [6.07, 6.45) is 9.84. The number of ether oxygens (including phenoxy) is 1. The number of rotatable bonds is 16. The predicted octanol–water partition coefficient (Wildman–Crippen LogP) is 7.36. The van der Waals surface area contributed by atoms with Crippen LogP contribution in [0.2, 0.25) is 0 Å². The Morgan fingerprint density at radius 3 is 2.22 bits per heavy atom. The van der Waals surface area contributed by atoms with E-state index in [0.29, 0.717) is 31.7 Å². The first kappa shape index (κ1) is 41.6. The van der Waals surface area contributed by atoms with Gasteiger partial charge in [0.15, 0.2) is 0 Å². The van der Waals surface area contributed by atoms with Crippen molar-refractivity contribution in [1.29, 1.82) is 0 Å². The molecule has 1 aliphatic rings. The molecule has 10 heteroatoms. The number of hydrogen-bond donors (Lipinski definition) is 3. The molecule has 0 saturated heterocycles. The van der Waals surface area contributed by atoms with Gasteiger partial charge in [0, 0.05) is 37.0 Å². The summed E-state index contributed by atoms with van der Waals surface area (Å²) in [5.74, 6) is 0.272. The van der Waals surface area contributed by atoms with E-state index in [-0.39, 0.29) is 66.6 Å². The van der Waals surface area contributed by atoms with E-state index in [1.54, 1.807) is 0 Å². The van der Waals surface area contributed by atoms with Crippen molar-refractivity contribution in [2.75, 3.05) is 26.2 Å². The zero-order valence-electron chi connectivity index (χ0n) is 27.7. The van der Waals surface area contributed by atoms with Crippen LogP contribution in [0.5, 0.6) is 5.75 Å². The molecule has 0 aromatic heterocycles. The summed E-state index contributed by atoms with van der Waals surface area (Å²) in [5.41, 5.74) is 14.4. The lowest BCUT2D eigenvalue weighted by molar-refractivity contribution is -0.135. The van der Waals surface area contributed by atoms with Gasteiger partial charge in [-0.15, -0.1) is 37.2 Å². The number of carbonyl (C=O) groups excluding carboxylic acids is 2. The topological polar surface area (TPSA) is 111 Å². The largest absolute Gasteiger partial charge is 0.427 e. The molecule has 7 nitrogen and oxygen atoms in total. The molecular formula is C36H53Cl3N4O3. The van der Waals surface area contributed by atoms with Crippen LogP contribution < -0.4 is 21.5 Å². The number of hydrogen-bond acceptors (Lipinski definition) is 6. The lowest BCUT2D eigenvalue weighted by atomic mass is 9.96. The Bertz CT molecular complexity index is 1460. The van der Waals surface area contributed by atoms with Crippen LogP contribution in [-0.4, -0.2) is 54.0 Å². The standard InChI is InChI=1S/C36H50N4O3.3ClH/c1-35(2,37)19-22-39-21-5-6-23-40(24-20-36(3,4)38)33(41)11-8-12-34(42)43-28-15-18-30-27(25-28)14-17-31-29-10-7-9-26(29)13-16-32(30)31;;;/h7,9,13-18,25,39H,5-6,8,10-12,19-24,37-38H2,1-4H3;3*1H. The Balaban J connectivity index is 0.00000353. The Hall–Kier alpha value is -2.39. The summed E-state index contributed by atoms with van der Waals surface area (Å²) in [7, 11) is 0. The van der Waals surface area contributed by atoms with Crippen molar-refractivity contribution in [2.45, 2.75) is 90.1 Å². The summed E-state index contributed by atoms with van der Waals surface area (Å²) in [5, 5.41) is 8.11. The number of allylic oxidation sites excluding steroid dienone is 1. The van der Waals surface area contributed by atoms with Crippen LogP contribution in [0.1, 0.15) is 83.8 Å². The maximum atomic E-state index is 13.1. The van der Waals surface area contributed by atoms with Crippen molar-refractivity contribution in [2.24, 2.45) is 11.5 Å². The number of unbranched alkanes of at least 4 members (excludes halogenated alkanes) is 1. The van der Waals surface area contributed by atoms with Crippen molar-refractivity contribution in [3.8, 4) is 5.75 Å². The van der Waals surface area contributed by atoms with Crippen LogP contribution >= 0.6 is 37.2 Å². The van der Waals surface area contributed by atoms with Gasteiger partial charge in [0.2, 0.25) is 5.91 Å². The number of esters is 1. The van der Waals surface area contributed by atoms with Crippen molar-refractivity contribution < 1.29 is 14.3 Å². The second kappa shape index (κ2) is 18.8. The molecule has 4 rings (SSSR count). The number of nitrogens with one attached hydrogen (secondary N) is 1. The minimum absolute atomic E-state index is 0. The predicted molar refractivity (Wildman–Crippen MR) is 200 cm³/mol. The second-order valence-electron chi connectivity index (χ2n) is 13.4. The molecule has 3 aromatic rings. The highest BCUT2D eigenvalue weighted by Crippen LogP contribution is 2.34. The van der Waals surface area contributed by atoms with Gasteiger partial charge >= 0.3 is 5.97 Å². The first-order valence-electron chi connectivity index (χ1n) is 15.8. The van der Waals surface area contributed by atoms with Gasteiger partial charge in [0.25, 0.3) is 0 Å². The highest BCUT2D eigenvalue weighted by molar-refractivity contribution is 6.10. The maximum absolute atomic E-state index is 13.1. The number of fused-ring (bicyclic) bond motifs is 5. The molecule has 256 valence electrons. The van der Waals surface area contributed by atoms with Gasteiger partial charge in [-0.25, -0.2) is 0 Å². The molecule has 0 unspecified atom stereocenters. The third-order valence-electron chi connectivity index (χ3n) is 8.12. The fourth-order valence-electron chi connectivity index (χ4n) is 5.55. The van der Waals surface area contributed by atoms with Gasteiger partial charge in [-0.3, -0.25) is 9.59 Å². The van der Waals surface area contributed by atoms with E-state index in [1.807, 2.05) is 50.8 Å². The summed E-state index contributed by atoms with van der Waals surface area (Å²) >= 11 is 0. The van der Waals surface area contributed by atoms with E-state index in [0.717, 1.165) is 56.0 Å². The fraction of sp³-hybridized carbons (Fsp3) is 0.500. The van der Waals surface area contributed by atoms with Gasteiger partial charge in [-0.2, -0.15) is 0 Å². The number of carbonyl (C=O) groups is 2. The van der Waals surface area contributed by atoms with Crippen LogP contribution in [0.4, 0.5) is 0 Å². The number of halogens is 3. The Morgan fingerprint density at radius 1 is 0.804 bits per heavy atom. The van der Waals surface area contributed by atoms with Gasteiger partial charge in [-0.05, 0) is 124 Å². The average Bonchev–Trinajstić information content (AvgIpc) is 3.42. The van der Waals surface area contributed by atoms with E-state index >= 15 is 0 Å². The normalized spacial score (nSPS) is 12.2. The highest BCUT2D eigenvalue weighted by atomic mass is 35.5. The molecule has 3 aromatic carbocycles. The highest BCUT2D eigenvalue weighted by Gasteiger charge is 2.19. The summed E-state index contributed by atoms with van der Waals surface area (Å²) < 4.78 is 5.67. The molecule has 0 fully saturated rings. The summed E-state index contributed by atoms with van der Waals surface area (Å²) in [4.78, 5) is 27.7. The Morgan fingerprint density at radius 2 is 1.50 bits per heavy atom. The molecule has 5 N–H and O–H groups in total. The zero-order valence-corrected chi connectivity index (χ0v) is 30.2. The van der Waals surface area contributed by atoms with E-state index in [2.05, 4.69) is 41.7 Å². The van der Waals surface area contributed by atoms with Crippen molar-refractivity contribution in [3.63, 3.8) is 0 Å². The van der Waals surface area contributed by atoms with Crippen molar-refractivity contribution in [3.05, 3.63) is 59.7 Å². The van der Waals surface area contributed by atoms with Gasteiger partial charge in [-0.1, -0.05) is 42.5 Å². The van der Waals surface area contributed by atoms with E-state index < -0.39 is 0 Å². The third-order valence-corrected chi connectivity index (χ3v) is 8.12. The molecule has 0 spiro atoms. The van der Waals surface area contributed by atoms with E-state index in [1.165, 1.54) is 21.9 Å². The molecule has 0 radical (unpaired) electrons. The van der Waals surface area contributed by atoms with Crippen LogP contribution in [0.15, 0.2) is 48.5 Å². The average molecular weight is 696 g/mol. The lowest BCUT2D eigenvalue weighted by Gasteiger charge is -2.27. The fourth-order valence-corrected chi connectivity index (χ4v) is 5.55. The van der Waals surface area contributed by atoms with Gasteiger partial charge < -0.3 is 26.4 Å². The molecule has 0 heterocycles. The van der Waals surface area contributed by atoms with Crippen molar-refractivity contribution in [1.82, 2.24) is 10.2 Å². The molecule has 0 bridgehead atoms. The minimum Gasteiger partial charge on any atom is -0.427 e. The van der Waals surface area contributed by atoms with Crippen molar-refractivity contribution >= 4 is 76.7 Å². The first-order chi connectivity index (χ1) is 20.4. The number of nitrogens with zero attached hydrogens (tertiary/aromatic N) is 1. The Labute approximate surface area is 293 Å². The zero-order chi connectivity index (χ0) is 31.0. The molecule has 1 aliphatic carbocycles. The third kappa shape index (κ3) is 12.7. The van der Waals surface area contributed by atoms with Crippen LogP contribution in [0.3, 0.4) is 0 Å². The van der Waals surface area contributed by atoms with Gasteiger partial charge in [0.05, 0.1) is 0 Å². The Kier molecular flexibility index (Phi) is 17.0. The molecular weight excluding hydrogens is 643 g/mol. The first-order valence-corrected chi connectivity index (χ1v) is 15.8. The quantitative estimate of drug-likeness (QED) is 0.0626. The summed E-state index contributed by atoms with van der Waals surface area (Å²) in [6.45, 7) is 11.1. The van der Waals surface area contributed by atoms with E-state index in [4.69, 9.17) is 16.2 Å². The number of nitrogens with two attached hydrogens (primary N) is 2. The minimum atomic E-state index is -0.345. The van der Waals surface area contributed by atoms with Crippen LogP contribution in [0.25, 0.3) is 27.6 Å². The smallest absolute Gasteiger partial charge is 0.311 e. The molecule has 0 atom stereocenters. The molecule has 0 aliphatic heterocycles. The number of benzene rings is 3. The summed E-state index contributed by atoms with van der Waals surface area (Å²) in [6, 6.07) is 14.4. The number of amides is 1.